The number of likely N-dealkylation sites (N-methyl/N-ethyl adjacent to an activating group) is 1. The number of carbonyl (C=O) groups excluding carboxylic acids is 4. The van der Waals surface area contributed by atoms with Gasteiger partial charge in [0, 0.05) is 5.56 Å². The van der Waals surface area contributed by atoms with E-state index in [1.807, 2.05) is 44.2 Å². The van der Waals surface area contributed by atoms with Crippen molar-refractivity contribution in [3.63, 3.8) is 0 Å². The first-order chi connectivity index (χ1) is 19.4. The third-order valence-corrected chi connectivity index (χ3v) is 6.52. The Balaban J connectivity index is 1.79. The molecule has 2 amide bonds. The summed E-state index contributed by atoms with van der Waals surface area (Å²) in [6.07, 6.45) is -2.28. The number of amides is 2. The van der Waals surface area contributed by atoms with Crippen LogP contribution in [0.1, 0.15) is 37.7 Å². The largest absolute Gasteiger partial charge is 0.552 e. The Morgan fingerprint density at radius 1 is 1.07 bits per heavy atom. The fourth-order valence-electron chi connectivity index (χ4n) is 4.48. The zero-order valence-electron chi connectivity index (χ0n) is 24.1. The van der Waals surface area contributed by atoms with Crippen LogP contribution >= 0.6 is 0 Å². The molecule has 0 radical (unpaired) electrons. The molecule has 0 saturated carbocycles. The number of benzene rings is 1. The normalized spacial score (nSPS) is 19.2. The van der Waals surface area contributed by atoms with E-state index < -0.39 is 61.1 Å². The van der Waals surface area contributed by atoms with Crippen LogP contribution in [0.15, 0.2) is 48.5 Å². The van der Waals surface area contributed by atoms with Crippen LogP contribution < -0.4 is 10.6 Å². The van der Waals surface area contributed by atoms with Gasteiger partial charge in [-0.1, -0.05) is 50.2 Å². The Kier molecular flexibility index (Phi) is 11.0. The van der Waals surface area contributed by atoms with E-state index in [9.17, 15) is 24.3 Å². The first-order valence-corrected chi connectivity index (χ1v) is 13.3. The smallest absolute Gasteiger partial charge is 0.507 e. The van der Waals surface area contributed by atoms with E-state index in [1.165, 1.54) is 25.0 Å². The molecule has 1 aromatic heterocycles. The van der Waals surface area contributed by atoms with E-state index in [2.05, 4.69) is 15.6 Å². The maximum Gasteiger partial charge on any atom is 0.552 e. The van der Waals surface area contributed by atoms with Gasteiger partial charge >= 0.3 is 19.1 Å². The molecule has 220 valence electrons. The van der Waals surface area contributed by atoms with Gasteiger partial charge < -0.3 is 29.8 Å². The van der Waals surface area contributed by atoms with Crippen LogP contribution in [0.2, 0.25) is 0 Å². The molecule has 1 saturated heterocycles. The van der Waals surface area contributed by atoms with Crippen LogP contribution in [0.4, 0.5) is 0 Å². The average Bonchev–Trinajstić information content (AvgIpc) is 2.94. The summed E-state index contributed by atoms with van der Waals surface area (Å²) in [5.41, 5.74) is 1.44. The number of ether oxygens (including phenoxy) is 1. The molecule has 1 fully saturated rings. The predicted molar refractivity (Wildman–Crippen MR) is 150 cm³/mol. The Labute approximate surface area is 239 Å². The monoisotopic (exact) mass is 568 g/mol. The summed E-state index contributed by atoms with van der Waals surface area (Å²) >= 11 is 0. The van der Waals surface area contributed by atoms with Gasteiger partial charge in [-0.15, -0.1) is 0 Å². The van der Waals surface area contributed by atoms with E-state index in [0.717, 1.165) is 5.56 Å². The minimum atomic E-state index is -1.37. The van der Waals surface area contributed by atoms with Gasteiger partial charge in [-0.3, -0.25) is 19.3 Å². The minimum Gasteiger partial charge on any atom is -0.507 e. The standard InChI is InChI=1S/C28H37BN4O8/c1-16(2)15-21(29-40-24(28(38)39-6)23(33(4)5)27(37)41-29)31-26(36)22(17(3)34)32-25(35)20-14-10-13-19(30-20)18-11-8-7-9-12-18/h7-14,16-17,21-24,34H,15H2,1-6H3,(H,31,36)(H,32,35)/t17-,21+,22+,23+,24-/m1/s1. The lowest BCUT2D eigenvalue weighted by atomic mass is 9.72. The minimum absolute atomic E-state index is 0.00951. The SMILES string of the molecule is COC(=O)[C@@H]1OB([C@H](CC(C)C)NC(=O)[C@@H](NC(=O)c2cccc(-c3ccccc3)n2)[C@@H](C)O)OC(=O)[C@H]1N(C)C. The zero-order valence-corrected chi connectivity index (χ0v) is 24.1. The summed E-state index contributed by atoms with van der Waals surface area (Å²) in [7, 11) is 3.06. The number of esters is 1. The number of aliphatic hydroxyl groups is 1. The fourth-order valence-corrected chi connectivity index (χ4v) is 4.48. The molecule has 2 heterocycles. The van der Waals surface area contributed by atoms with Gasteiger partial charge in [0.2, 0.25) is 5.91 Å². The molecule has 3 N–H and O–H groups in total. The highest BCUT2D eigenvalue weighted by atomic mass is 16.7. The lowest BCUT2D eigenvalue weighted by Crippen LogP contribution is -2.65. The number of rotatable bonds is 11. The molecule has 13 heteroatoms. The van der Waals surface area contributed by atoms with Gasteiger partial charge in [0.15, 0.2) is 6.10 Å². The maximum atomic E-state index is 13.4. The van der Waals surface area contributed by atoms with Gasteiger partial charge in [-0.2, -0.15) is 0 Å². The third-order valence-electron chi connectivity index (χ3n) is 6.52. The van der Waals surface area contributed by atoms with Crippen LogP contribution in [-0.4, -0.2) is 97.3 Å². The molecule has 2 aromatic rings. The molecule has 0 aliphatic carbocycles. The summed E-state index contributed by atoms with van der Waals surface area (Å²) in [5.74, 6) is -3.77. The quantitative estimate of drug-likeness (QED) is 0.262. The van der Waals surface area contributed by atoms with Crippen molar-refractivity contribution in [3.8, 4) is 11.3 Å². The topological polar surface area (TPSA) is 156 Å². The lowest BCUT2D eigenvalue weighted by molar-refractivity contribution is -0.167. The highest BCUT2D eigenvalue weighted by Gasteiger charge is 2.51. The lowest BCUT2D eigenvalue weighted by Gasteiger charge is -2.38. The number of pyridine rings is 1. The van der Waals surface area contributed by atoms with Crippen molar-refractivity contribution >= 4 is 30.9 Å². The number of nitrogens with zero attached hydrogens (tertiary/aromatic N) is 2. The maximum absolute atomic E-state index is 13.4. The van der Waals surface area contributed by atoms with Gasteiger partial charge in [0.05, 0.1) is 24.8 Å². The van der Waals surface area contributed by atoms with Gasteiger partial charge in [0.25, 0.3) is 5.91 Å². The molecule has 1 aliphatic rings. The molecule has 1 aliphatic heterocycles. The van der Waals surface area contributed by atoms with E-state index in [-0.39, 0.29) is 11.6 Å². The summed E-state index contributed by atoms with van der Waals surface area (Å²) in [4.78, 5) is 57.7. The first-order valence-electron chi connectivity index (χ1n) is 13.3. The summed E-state index contributed by atoms with van der Waals surface area (Å²) < 4.78 is 16.2. The van der Waals surface area contributed by atoms with Crippen LogP contribution in [0.3, 0.4) is 0 Å². The van der Waals surface area contributed by atoms with Gasteiger partial charge in [-0.05, 0) is 45.5 Å². The first kappa shape index (κ1) is 31.7. The number of hydrogen-bond donors (Lipinski definition) is 3. The zero-order chi connectivity index (χ0) is 30.3. The number of carbonyl (C=O) groups is 4. The predicted octanol–water partition coefficient (Wildman–Crippen LogP) is 0.831. The van der Waals surface area contributed by atoms with E-state index >= 15 is 0 Å². The van der Waals surface area contributed by atoms with Gasteiger partial charge in [0.1, 0.15) is 17.8 Å². The van der Waals surface area contributed by atoms with Crippen molar-refractivity contribution in [1.29, 1.82) is 0 Å². The van der Waals surface area contributed by atoms with Crippen molar-refractivity contribution in [3.05, 3.63) is 54.2 Å². The van der Waals surface area contributed by atoms with Crippen LogP contribution in [0.25, 0.3) is 11.3 Å². The molecule has 0 bridgehead atoms. The Morgan fingerprint density at radius 3 is 2.34 bits per heavy atom. The fraction of sp³-hybridized carbons (Fsp3) is 0.464. The van der Waals surface area contributed by atoms with Crippen molar-refractivity contribution in [1.82, 2.24) is 20.5 Å². The van der Waals surface area contributed by atoms with Crippen LogP contribution in [0, 0.1) is 5.92 Å². The molecule has 0 spiro atoms. The van der Waals surface area contributed by atoms with Crippen LogP contribution in [-0.2, 0) is 28.4 Å². The highest BCUT2D eigenvalue weighted by molar-refractivity contribution is 6.50. The van der Waals surface area contributed by atoms with Crippen molar-refractivity contribution in [2.75, 3.05) is 21.2 Å². The van der Waals surface area contributed by atoms with E-state index in [0.29, 0.717) is 12.1 Å². The number of hydrogen-bond acceptors (Lipinski definition) is 10. The molecular formula is C28H37BN4O8. The van der Waals surface area contributed by atoms with Crippen molar-refractivity contribution in [2.45, 2.75) is 57.4 Å². The molecule has 5 atom stereocenters. The molecule has 41 heavy (non-hydrogen) atoms. The average molecular weight is 568 g/mol. The summed E-state index contributed by atoms with van der Waals surface area (Å²) in [6.45, 7) is 5.15. The molecule has 1 aromatic carbocycles. The molecular weight excluding hydrogens is 531 g/mol. The second-order valence-electron chi connectivity index (χ2n) is 10.5. The number of nitrogens with one attached hydrogen (secondary N) is 2. The number of aliphatic hydroxyl groups excluding tert-OH is 1. The van der Waals surface area contributed by atoms with Crippen LogP contribution in [0.5, 0.6) is 0 Å². The summed E-state index contributed by atoms with van der Waals surface area (Å²) in [5, 5.41) is 15.7. The molecule has 0 unspecified atom stereocenters. The molecule has 3 rings (SSSR count). The Bertz CT molecular complexity index is 1230. The summed E-state index contributed by atoms with van der Waals surface area (Å²) in [6, 6.07) is 11.8. The highest BCUT2D eigenvalue weighted by Crippen LogP contribution is 2.22. The van der Waals surface area contributed by atoms with E-state index in [1.54, 1.807) is 26.2 Å². The van der Waals surface area contributed by atoms with Crippen molar-refractivity contribution < 1.29 is 38.3 Å². The second kappa shape index (κ2) is 14.2. The van der Waals surface area contributed by atoms with Crippen molar-refractivity contribution in [2.24, 2.45) is 5.92 Å². The second-order valence-corrected chi connectivity index (χ2v) is 10.5. The Morgan fingerprint density at radius 2 is 1.76 bits per heavy atom. The number of aromatic nitrogens is 1. The third kappa shape index (κ3) is 8.12. The molecule has 12 nitrogen and oxygen atoms in total. The van der Waals surface area contributed by atoms with E-state index in [4.69, 9.17) is 14.0 Å². The van der Waals surface area contributed by atoms with Gasteiger partial charge in [-0.25, -0.2) is 9.78 Å². The number of methoxy groups -OCH3 is 1. The Hall–Kier alpha value is -3.81.